The molecular formula is C19H20BrNO4. The summed E-state index contributed by atoms with van der Waals surface area (Å²) >= 11 is 3.79. The third kappa shape index (κ3) is 1.73. The van der Waals surface area contributed by atoms with Crippen LogP contribution in [0.15, 0.2) is 24.3 Å². The minimum absolute atomic E-state index is 0.246. The lowest BCUT2D eigenvalue weighted by atomic mass is 9.53. The number of carbonyl (C=O) groups is 1. The van der Waals surface area contributed by atoms with Crippen molar-refractivity contribution in [3.63, 3.8) is 0 Å². The van der Waals surface area contributed by atoms with Crippen LogP contribution in [0.2, 0.25) is 0 Å². The van der Waals surface area contributed by atoms with E-state index in [9.17, 15) is 9.90 Å². The van der Waals surface area contributed by atoms with Gasteiger partial charge in [-0.2, -0.15) is 0 Å². The maximum atomic E-state index is 11.5. The highest BCUT2D eigenvalue weighted by molar-refractivity contribution is 9.10. The number of benzene rings is 1. The van der Waals surface area contributed by atoms with Gasteiger partial charge < -0.3 is 19.5 Å². The van der Waals surface area contributed by atoms with Crippen molar-refractivity contribution in [2.75, 3.05) is 13.6 Å². The highest BCUT2D eigenvalue weighted by Crippen LogP contribution is 2.68. The van der Waals surface area contributed by atoms with Crippen LogP contribution in [-0.2, 0) is 16.6 Å². The van der Waals surface area contributed by atoms with Crippen LogP contribution in [0.1, 0.15) is 24.5 Å². The number of likely N-dealkylation sites (tertiary alicyclic amines) is 1. The molecule has 5 rings (SSSR count). The molecule has 1 N–H and O–H groups in total. The lowest BCUT2D eigenvalue weighted by Crippen LogP contribution is -2.68. The van der Waals surface area contributed by atoms with E-state index in [0.29, 0.717) is 17.5 Å². The zero-order chi connectivity index (χ0) is 17.6. The summed E-state index contributed by atoms with van der Waals surface area (Å²) in [7, 11) is 2.17. The first-order chi connectivity index (χ1) is 11.9. The van der Waals surface area contributed by atoms with Crippen molar-refractivity contribution in [2.45, 2.75) is 41.8 Å². The van der Waals surface area contributed by atoms with E-state index < -0.39 is 10.6 Å². The van der Waals surface area contributed by atoms with Gasteiger partial charge in [-0.3, -0.25) is 4.79 Å². The standard InChI is InChI=1S/C19H20BrNO4/c1-10(22)24-14-5-3-11-9-13-12-4-6-15(23)19(20)18(12,7-8-21(13)2)16(11)17(14)25-19/h3-6,12-13,15,23H,7-9H2,1-2H3/t12-,13+,15-,18-,19-/m0/s1. The van der Waals surface area contributed by atoms with Crippen LogP contribution in [0.25, 0.3) is 0 Å². The topological polar surface area (TPSA) is 59.0 Å². The van der Waals surface area contributed by atoms with E-state index in [1.807, 2.05) is 18.2 Å². The van der Waals surface area contributed by atoms with Gasteiger partial charge in [0.05, 0.1) is 5.41 Å². The molecule has 1 saturated heterocycles. The van der Waals surface area contributed by atoms with E-state index >= 15 is 0 Å². The average Bonchev–Trinajstić information content (AvgIpc) is 2.84. The smallest absolute Gasteiger partial charge is 0.308 e. The Kier molecular flexibility index (Phi) is 3.09. The van der Waals surface area contributed by atoms with Crippen molar-refractivity contribution in [2.24, 2.45) is 5.92 Å². The molecule has 0 saturated carbocycles. The quantitative estimate of drug-likeness (QED) is 0.335. The molecule has 1 aromatic rings. The van der Waals surface area contributed by atoms with Gasteiger partial charge >= 0.3 is 5.97 Å². The Morgan fingerprint density at radius 1 is 1.44 bits per heavy atom. The predicted octanol–water partition coefficient (Wildman–Crippen LogP) is 2.14. The Balaban J connectivity index is 1.81. The van der Waals surface area contributed by atoms with Gasteiger partial charge in [0.15, 0.2) is 11.5 Å². The third-order valence-corrected chi connectivity index (χ3v) is 7.82. The summed E-state index contributed by atoms with van der Waals surface area (Å²) in [6, 6.07) is 4.24. The molecule has 2 bridgehead atoms. The van der Waals surface area contributed by atoms with Crippen molar-refractivity contribution in [1.82, 2.24) is 4.90 Å². The predicted molar refractivity (Wildman–Crippen MR) is 95.1 cm³/mol. The summed E-state index contributed by atoms with van der Waals surface area (Å²) in [5.74, 6) is 0.927. The summed E-state index contributed by atoms with van der Waals surface area (Å²) in [5.41, 5.74) is 1.99. The Hall–Kier alpha value is -1.37. The second-order valence-electron chi connectivity index (χ2n) is 7.60. The molecule has 0 unspecified atom stereocenters. The van der Waals surface area contributed by atoms with Crippen LogP contribution in [0.3, 0.4) is 0 Å². The fourth-order valence-electron chi connectivity index (χ4n) is 5.46. The number of alkyl halides is 1. The molecule has 5 nitrogen and oxygen atoms in total. The molecule has 5 atom stereocenters. The van der Waals surface area contributed by atoms with Crippen LogP contribution < -0.4 is 9.47 Å². The number of halogens is 1. The fraction of sp³-hybridized carbons (Fsp3) is 0.526. The molecule has 2 aliphatic carbocycles. The van der Waals surface area contributed by atoms with Crippen molar-refractivity contribution >= 4 is 21.9 Å². The van der Waals surface area contributed by atoms with Gasteiger partial charge in [-0.25, -0.2) is 0 Å². The monoisotopic (exact) mass is 405 g/mol. The molecule has 0 aromatic heterocycles. The van der Waals surface area contributed by atoms with Gasteiger partial charge in [-0.1, -0.05) is 18.2 Å². The first-order valence-corrected chi connectivity index (χ1v) is 9.47. The van der Waals surface area contributed by atoms with Crippen LogP contribution in [0.4, 0.5) is 0 Å². The lowest BCUT2D eigenvalue weighted by Gasteiger charge is -2.59. The van der Waals surface area contributed by atoms with Crippen LogP contribution in [-0.4, -0.2) is 46.2 Å². The molecule has 1 spiro atoms. The highest BCUT2D eigenvalue weighted by Gasteiger charge is 2.71. The molecule has 0 amide bonds. The second kappa shape index (κ2) is 4.87. The molecule has 4 aliphatic rings. The van der Waals surface area contributed by atoms with Gasteiger partial charge in [-0.05, 0) is 54.0 Å². The van der Waals surface area contributed by atoms with E-state index in [-0.39, 0.29) is 17.3 Å². The van der Waals surface area contributed by atoms with E-state index in [1.54, 1.807) is 0 Å². The van der Waals surface area contributed by atoms with Crippen molar-refractivity contribution in [3.8, 4) is 11.5 Å². The Labute approximate surface area is 154 Å². The number of likely N-dealkylation sites (N-methyl/N-ethyl adjacent to an activating group) is 1. The minimum atomic E-state index is -0.924. The van der Waals surface area contributed by atoms with Crippen molar-refractivity contribution in [3.05, 3.63) is 35.4 Å². The largest absolute Gasteiger partial charge is 0.468 e. The third-order valence-electron chi connectivity index (χ3n) is 6.49. The number of piperidine rings is 1. The SMILES string of the molecule is CC(=O)Oc1ccc2c3c1O[C@@]1(Br)[C@@H](O)C=C[C@H]4[C@@H](C2)N(C)CC[C@@]341. The first kappa shape index (κ1) is 15.9. The average molecular weight is 406 g/mol. The molecular weight excluding hydrogens is 386 g/mol. The van der Waals surface area contributed by atoms with Gasteiger partial charge in [0.25, 0.3) is 0 Å². The Bertz CT molecular complexity index is 824. The molecule has 1 fully saturated rings. The Morgan fingerprint density at radius 2 is 2.24 bits per heavy atom. The van der Waals surface area contributed by atoms with Gasteiger partial charge in [-0.15, -0.1) is 0 Å². The minimum Gasteiger partial charge on any atom is -0.468 e. The second-order valence-corrected chi connectivity index (χ2v) is 8.77. The van der Waals surface area contributed by atoms with Crippen LogP contribution in [0, 0.1) is 5.92 Å². The summed E-state index contributed by atoms with van der Waals surface area (Å²) in [4.78, 5) is 13.9. The molecule has 25 heavy (non-hydrogen) atoms. The summed E-state index contributed by atoms with van der Waals surface area (Å²) < 4.78 is 10.9. The number of nitrogens with zero attached hydrogens (tertiary/aromatic N) is 1. The fourth-order valence-corrected chi connectivity index (χ4v) is 6.44. The normalized spacial score (nSPS) is 40.4. The van der Waals surface area contributed by atoms with E-state index in [4.69, 9.17) is 9.47 Å². The number of aliphatic hydroxyl groups is 1. The summed E-state index contributed by atoms with van der Waals surface area (Å²) in [6.45, 7) is 2.33. The van der Waals surface area contributed by atoms with E-state index in [2.05, 4.69) is 34.0 Å². The molecule has 2 aliphatic heterocycles. The summed E-state index contributed by atoms with van der Waals surface area (Å²) in [6.07, 6.45) is 5.03. The molecule has 132 valence electrons. The van der Waals surface area contributed by atoms with Crippen molar-refractivity contribution in [1.29, 1.82) is 0 Å². The van der Waals surface area contributed by atoms with E-state index in [0.717, 1.165) is 24.9 Å². The van der Waals surface area contributed by atoms with Gasteiger partial charge in [0.1, 0.15) is 6.10 Å². The summed E-state index contributed by atoms with van der Waals surface area (Å²) in [5, 5.41) is 10.8. The van der Waals surface area contributed by atoms with Gasteiger partial charge in [0.2, 0.25) is 4.51 Å². The number of aliphatic hydroxyl groups excluding tert-OH is 1. The zero-order valence-corrected chi connectivity index (χ0v) is 15.7. The van der Waals surface area contributed by atoms with Gasteiger partial charge in [0, 0.05) is 24.4 Å². The number of esters is 1. The first-order valence-electron chi connectivity index (χ1n) is 8.68. The van der Waals surface area contributed by atoms with E-state index in [1.165, 1.54) is 12.5 Å². The molecule has 1 aromatic carbocycles. The zero-order valence-electron chi connectivity index (χ0n) is 14.2. The maximum Gasteiger partial charge on any atom is 0.308 e. The molecule has 0 radical (unpaired) electrons. The van der Waals surface area contributed by atoms with Crippen LogP contribution in [0.5, 0.6) is 11.5 Å². The highest BCUT2D eigenvalue weighted by atomic mass is 79.9. The molecule has 6 heteroatoms. The number of hydrogen-bond acceptors (Lipinski definition) is 5. The Morgan fingerprint density at radius 3 is 3.00 bits per heavy atom. The van der Waals surface area contributed by atoms with Crippen molar-refractivity contribution < 1.29 is 19.4 Å². The maximum absolute atomic E-state index is 11.5. The number of carbonyl (C=O) groups excluding carboxylic acids is 1. The number of rotatable bonds is 1. The van der Waals surface area contributed by atoms with Crippen LogP contribution >= 0.6 is 15.9 Å². The number of hydrogen-bond donors (Lipinski definition) is 1. The number of ether oxygens (including phenoxy) is 2. The lowest BCUT2D eigenvalue weighted by molar-refractivity contribution is -0.132. The molecule has 2 heterocycles.